The van der Waals surface area contributed by atoms with Crippen LogP contribution in [-0.4, -0.2) is 57.7 Å². The second-order valence-corrected chi connectivity index (χ2v) is 6.96. The lowest BCUT2D eigenvalue weighted by Gasteiger charge is -2.45. The van der Waals surface area contributed by atoms with Gasteiger partial charge in [0.05, 0.1) is 19.5 Å². The van der Waals surface area contributed by atoms with Crippen molar-refractivity contribution in [2.75, 3.05) is 38.6 Å². The van der Waals surface area contributed by atoms with Gasteiger partial charge in [0.25, 0.3) is 0 Å². The molecule has 2 aromatic heterocycles. The average molecular weight is 316 g/mol. The molecule has 2 aliphatic heterocycles. The van der Waals surface area contributed by atoms with Crippen LogP contribution in [0.25, 0.3) is 11.2 Å². The molecule has 0 bridgehead atoms. The molecule has 3 N–H and O–H groups in total. The molecule has 4 heterocycles. The van der Waals surface area contributed by atoms with Gasteiger partial charge in [-0.15, -0.1) is 0 Å². The second-order valence-electron chi connectivity index (χ2n) is 6.96. The number of nitrogens with two attached hydrogens (primary N) is 1. The minimum absolute atomic E-state index is 0.380. The quantitative estimate of drug-likeness (QED) is 0.889. The van der Waals surface area contributed by atoms with Gasteiger partial charge in [0, 0.05) is 17.9 Å². The lowest BCUT2D eigenvalue weighted by atomic mass is 9.82. The van der Waals surface area contributed by atoms with E-state index in [4.69, 9.17) is 10.5 Å². The molecule has 2 aliphatic rings. The van der Waals surface area contributed by atoms with Crippen LogP contribution in [0, 0.1) is 5.41 Å². The lowest BCUT2D eigenvalue weighted by molar-refractivity contribution is -0.129. The number of nitrogens with one attached hydrogen (secondary N) is 1. The van der Waals surface area contributed by atoms with Crippen molar-refractivity contribution >= 4 is 17.0 Å². The van der Waals surface area contributed by atoms with Crippen molar-refractivity contribution in [3.63, 3.8) is 0 Å². The highest BCUT2D eigenvalue weighted by molar-refractivity contribution is 5.80. The van der Waals surface area contributed by atoms with Crippen LogP contribution < -0.4 is 5.73 Å². The Balaban J connectivity index is 1.42. The summed E-state index contributed by atoms with van der Waals surface area (Å²) in [7, 11) is 0. The number of ether oxygens (including phenoxy) is 1. The van der Waals surface area contributed by atoms with Crippen LogP contribution in [0.3, 0.4) is 0 Å². The molecule has 2 aromatic rings. The Labute approximate surface area is 135 Å². The first-order chi connectivity index (χ1) is 11.2. The Morgan fingerprint density at radius 2 is 2.13 bits per heavy atom. The maximum Gasteiger partial charge on any atom is 0.183 e. The summed E-state index contributed by atoms with van der Waals surface area (Å²) >= 11 is 0. The Kier molecular flexibility index (Phi) is 3.69. The number of hydrogen-bond acceptors (Lipinski definition) is 6. The van der Waals surface area contributed by atoms with E-state index < -0.39 is 0 Å². The summed E-state index contributed by atoms with van der Waals surface area (Å²) in [6.07, 6.45) is 4.97. The predicted octanol–water partition coefficient (Wildman–Crippen LogP) is 1.54. The highest BCUT2D eigenvalue weighted by Gasteiger charge is 2.39. The molecule has 0 radical (unpaired) electrons. The third-order valence-corrected chi connectivity index (χ3v) is 5.41. The Bertz CT molecular complexity index is 681. The largest absolute Gasteiger partial charge is 0.382 e. The fourth-order valence-corrected chi connectivity index (χ4v) is 3.68. The average Bonchev–Trinajstić information content (AvgIpc) is 3.00. The highest BCUT2D eigenvalue weighted by Crippen LogP contribution is 2.34. The molecule has 0 aliphatic carbocycles. The van der Waals surface area contributed by atoms with Crippen LogP contribution in [0.5, 0.6) is 0 Å². The summed E-state index contributed by atoms with van der Waals surface area (Å²) in [6.45, 7) is 7.43. The minimum atomic E-state index is 0.380. The van der Waals surface area contributed by atoms with Crippen molar-refractivity contribution < 1.29 is 4.74 Å². The number of nitrogen functional groups attached to an aromatic ring is 1. The van der Waals surface area contributed by atoms with Gasteiger partial charge >= 0.3 is 0 Å². The molecule has 7 nitrogen and oxygen atoms in total. The number of piperidine rings is 1. The van der Waals surface area contributed by atoms with Gasteiger partial charge in [-0.25, -0.2) is 15.0 Å². The number of aromatic amines is 1. The molecule has 7 heteroatoms. The molecule has 0 amide bonds. The van der Waals surface area contributed by atoms with E-state index in [1.54, 1.807) is 6.33 Å². The van der Waals surface area contributed by atoms with E-state index >= 15 is 0 Å². The summed E-state index contributed by atoms with van der Waals surface area (Å²) in [6, 6.07) is 0. The monoisotopic (exact) mass is 316 g/mol. The summed E-state index contributed by atoms with van der Waals surface area (Å²) in [4.78, 5) is 18.9. The number of rotatable bonds is 4. The molecule has 0 unspecified atom stereocenters. The van der Waals surface area contributed by atoms with E-state index in [0.717, 1.165) is 57.0 Å². The van der Waals surface area contributed by atoms with Crippen molar-refractivity contribution in [3.05, 3.63) is 12.2 Å². The number of fused-ring (bicyclic) bond motifs is 1. The van der Waals surface area contributed by atoms with Crippen molar-refractivity contribution in [1.82, 2.24) is 24.8 Å². The first-order valence-corrected chi connectivity index (χ1v) is 8.46. The molecule has 0 atom stereocenters. The first-order valence-electron chi connectivity index (χ1n) is 8.46. The van der Waals surface area contributed by atoms with Crippen molar-refractivity contribution in [3.8, 4) is 0 Å². The van der Waals surface area contributed by atoms with Gasteiger partial charge in [0.2, 0.25) is 0 Å². The molecule has 124 valence electrons. The van der Waals surface area contributed by atoms with Crippen molar-refractivity contribution in [1.29, 1.82) is 0 Å². The van der Waals surface area contributed by atoms with Gasteiger partial charge in [-0.05, 0) is 32.4 Å². The highest BCUT2D eigenvalue weighted by atomic mass is 16.5. The van der Waals surface area contributed by atoms with Crippen molar-refractivity contribution in [2.24, 2.45) is 5.41 Å². The molecule has 0 aromatic carbocycles. The smallest absolute Gasteiger partial charge is 0.183 e. The van der Waals surface area contributed by atoms with E-state index in [1.807, 2.05) is 0 Å². The van der Waals surface area contributed by atoms with E-state index in [-0.39, 0.29) is 0 Å². The number of anilines is 1. The Hall–Kier alpha value is -1.73. The number of H-pyrrole nitrogens is 1. The molecule has 0 spiro atoms. The minimum Gasteiger partial charge on any atom is -0.382 e. The molecule has 4 rings (SSSR count). The second kappa shape index (κ2) is 5.72. The lowest BCUT2D eigenvalue weighted by Crippen LogP contribution is -2.51. The summed E-state index contributed by atoms with van der Waals surface area (Å²) in [5.41, 5.74) is 7.82. The van der Waals surface area contributed by atoms with Crippen LogP contribution >= 0.6 is 0 Å². The van der Waals surface area contributed by atoms with E-state index in [9.17, 15) is 0 Å². The fourth-order valence-electron chi connectivity index (χ4n) is 3.68. The van der Waals surface area contributed by atoms with E-state index in [2.05, 4.69) is 31.8 Å². The summed E-state index contributed by atoms with van der Waals surface area (Å²) < 4.78 is 5.44. The van der Waals surface area contributed by atoms with E-state index in [0.29, 0.717) is 22.8 Å². The van der Waals surface area contributed by atoms with Crippen LogP contribution in [0.15, 0.2) is 6.33 Å². The number of aromatic nitrogens is 4. The molecule has 2 saturated heterocycles. The van der Waals surface area contributed by atoms with Gasteiger partial charge in [0.15, 0.2) is 11.5 Å². The third-order valence-electron chi connectivity index (χ3n) is 5.41. The van der Waals surface area contributed by atoms with E-state index in [1.165, 1.54) is 6.42 Å². The molecular formula is C16H24N6O. The van der Waals surface area contributed by atoms with Gasteiger partial charge in [-0.3, -0.25) is 0 Å². The summed E-state index contributed by atoms with van der Waals surface area (Å²) in [5.74, 6) is 1.73. The van der Waals surface area contributed by atoms with Gasteiger partial charge in [0.1, 0.15) is 11.3 Å². The standard InChI is InChI=1S/C16H24N6O/c1-2-16(8-23-9-16)7-22-5-3-11(4-6-22)14-20-13(17)12-15(21-14)19-10-18-12/h10-11H,2-9H2,1H3,(H3,17,18,19,20,21). The third kappa shape index (κ3) is 2.68. The van der Waals surface area contributed by atoms with Crippen molar-refractivity contribution in [2.45, 2.75) is 32.1 Å². The van der Waals surface area contributed by atoms with Gasteiger partial charge < -0.3 is 20.4 Å². The predicted molar refractivity (Wildman–Crippen MR) is 88.1 cm³/mol. The fraction of sp³-hybridized carbons (Fsp3) is 0.688. The normalized spacial score (nSPS) is 22.3. The number of likely N-dealkylation sites (tertiary alicyclic amines) is 1. The van der Waals surface area contributed by atoms with Crippen LogP contribution in [0.2, 0.25) is 0 Å². The molecular weight excluding hydrogens is 292 g/mol. The molecule has 0 saturated carbocycles. The summed E-state index contributed by atoms with van der Waals surface area (Å²) in [5, 5.41) is 0. The van der Waals surface area contributed by atoms with Crippen LogP contribution in [-0.2, 0) is 4.74 Å². The zero-order valence-corrected chi connectivity index (χ0v) is 13.6. The Morgan fingerprint density at radius 3 is 2.78 bits per heavy atom. The number of imidazole rings is 1. The zero-order chi connectivity index (χ0) is 15.9. The zero-order valence-electron chi connectivity index (χ0n) is 13.6. The maximum absolute atomic E-state index is 6.02. The van der Waals surface area contributed by atoms with Gasteiger partial charge in [-0.1, -0.05) is 6.92 Å². The van der Waals surface area contributed by atoms with Crippen LogP contribution in [0.1, 0.15) is 37.9 Å². The van der Waals surface area contributed by atoms with Gasteiger partial charge in [-0.2, -0.15) is 0 Å². The number of nitrogens with zero attached hydrogens (tertiary/aromatic N) is 4. The molecule has 23 heavy (non-hydrogen) atoms. The molecule has 2 fully saturated rings. The SMILES string of the molecule is CCC1(CN2CCC(c3nc(N)c4[nH]cnc4n3)CC2)COC1. The first kappa shape index (κ1) is 14.8. The van der Waals surface area contributed by atoms with Crippen LogP contribution in [0.4, 0.5) is 5.82 Å². The topological polar surface area (TPSA) is 93.0 Å². The Morgan fingerprint density at radius 1 is 1.35 bits per heavy atom. The number of hydrogen-bond donors (Lipinski definition) is 2. The maximum atomic E-state index is 6.02.